The van der Waals surface area contributed by atoms with Crippen molar-refractivity contribution in [2.75, 3.05) is 6.54 Å². The largest absolute Gasteiger partial charge is 0.349 e. The number of halogens is 1. The molecule has 0 unspecified atom stereocenters. The standard InChI is InChI=1S/C17H18ClN3O2/c1-13(22)21(11-14-5-7-15(18)8-6-14)12-17(23)20-10-16-4-2-3-9-19-16/h2-9H,10-12H2,1H3,(H,20,23). The fraction of sp³-hybridized carbons (Fsp3) is 0.235. The molecule has 0 saturated carbocycles. The molecule has 0 spiro atoms. The Bertz CT molecular complexity index is 659. The fourth-order valence-electron chi connectivity index (χ4n) is 2.01. The van der Waals surface area contributed by atoms with E-state index in [1.165, 1.54) is 11.8 Å². The second-order valence-electron chi connectivity index (χ2n) is 5.10. The van der Waals surface area contributed by atoms with Crippen LogP contribution in [0.4, 0.5) is 0 Å². The van der Waals surface area contributed by atoms with Gasteiger partial charge in [0.05, 0.1) is 18.8 Å². The molecule has 0 aliphatic carbocycles. The van der Waals surface area contributed by atoms with Gasteiger partial charge in [0.15, 0.2) is 0 Å². The monoisotopic (exact) mass is 331 g/mol. The molecule has 120 valence electrons. The maximum absolute atomic E-state index is 12.0. The number of rotatable bonds is 6. The predicted molar refractivity (Wildman–Crippen MR) is 88.6 cm³/mol. The van der Waals surface area contributed by atoms with Gasteiger partial charge >= 0.3 is 0 Å². The quantitative estimate of drug-likeness (QED) is 0.884. The van der Waals surface area contributed by atoms with Crippen LogP contribution in [0.1, 0.15) is 18.2 Å². The number of nitrogens with one attached hydrogen (secondary N) is 1. The number of nitrogens with zero attached hydrogens (tertiary/aromatic N) is 2. The SMILES string of the molecule is CC(=O)N(CC(=O)NCc1ccccn1)Cc1ccc(Cl)cc1. The molecule has 23 heavy (non-hydrogen) atoms. The zero-order chi connectivity index (χ0) is 16.7. The molecule has 0 saturated heterocycles. The zero-order valence-corrected chi connectivity index (χ0v) is 13.6. The van der Waals surface area contributed by atoms with Gasteiger partial charge in [-0.05, 0) is 29.8 Å². The highest BCUT2D eigenvalue weighted by Crippen LogP contribution is 2.11. The van der Waals surface area contributed by atoms with Crippen LogP contribution in [0.5, 0.6) is 0 Å². The van der Waals surface area contributed by atoms with Gasteiger partial charge < -0.3 is 10.2 Å². The highest BCUT2D eigenvalue weighted by atomic mass is 35.5. The lowest BCUT2D eigenvalue weighted by molar-refractivity contribution is -0.135. The molecule has 1 N–H and O–H groups in total. The molecule has 0 aliphatic rings. The third-order valence-electron chi connectivity index (χ3n) is 3.26. The number of benzene rings is 1. The molecule has 1 heterocycles. The first-order valence-electron chi connectivity index (χ1n) is 7.21. The van der Waals surface area contributed by atoms with Gasteiger partial charge in [-0.1, -0.05) is 29.8 Å². The summed E-state index contributed by atoms with van der Waals surface area (Å²) in [6.45, 7) is 2.16. The van der Waals surface area contributed by atoms with E-state index in [-0.39, 0.29) is 18.4 Å². The summed E-state index contributed by atoms with van der Waals surface area (Å²) in [6, 6.07) is 12.7. The minimum atomic E-state index is -0.222. The maximum Gasteiger partial charge on any atom is 0.239 e. The van der Waals surface area contributed by atoms with E-state index < -0.39 is 0 Å². The Balaban J connectivity index is 1.89. The van der Waals surface area contributed by atoms with Crippen molar-refractivity contribution >= 4 is 23.4 Å². The van der Waals surface area contributed by atoms with Crippen molar-refractivity contribution in [3.05, 3.63) is 64.9 Å². The minimum absolute atomic E-state index is 0.00476. The van der Waals surface area contributed by atoms with Crippen LogP contribution in [0.3, 0.4) is 0 Å². The van der Waals surface area contributed by atoms with Crippen LogP contribution in [-0.2, 0) is 22.7 Å². The number of pyridine rings is 1. The van der Waals surface area contributed by atoms with E-state index in [0.29, 0.717) is 18.1 Å². The van der Waals surface area contributed by atoms with Gasteiger partial charge in [-0.3, -0.25) is 14.6 Å². The molecule has 0 radical (unpaired) electrons. The molecular weight excluding hydrogens is 314 g/mol. The van der Waals surface area contributed by atoms with Crippen LogP contribution in [0.25, 0.3) is 0 Å². The van der Waals surface area contributed by atoms with Crippen LogP contribution in [0.15, 0.2) is 48.7 Å². The summed E-state index contributed by atoms with van der Waals surface area (Å²) in [7, 11) is 0. The Morgan fingerprint density at radius 3 is 2.52 bits per heavy atom. The number of carbonyl (C=O) groups excluding carboxylic acids is 2. The molecule has 6 heteroatoms. The highest BCUT2D eigenvalue weighted by molar-refractivity contribution is 6.30. The Morgan fingerprint density at radius 1 is 1.17 bits per heavy atom. The summed E-state index contributed by atoms with van der Waals surface area (Å²) in [5, 5.41) is 3.40. The van der Waals surface area contributed by atoms with Crippen molar-refractivity contribution < 1.29 is 9.59 Å². The van der Waals surface area contributed by atoms with Crippen LogP contribution in [-0.4, -0.2) is 28.2 Å². The van der Waals surface area contributed by atoms with Crippen molar-refractivity contribution in [2.45, 2.75) is 20.0 Å². The van der Waals surface area contributed by atoms with Gasteiger partial charge in [0.1, 0.15) is 0 Å². The van der Waals surface area contributed by atoms with Gasteiger partial charge in [-0.25, -0.2) is 0 Å². The third kappa shape index (κ3) is 5.71. The molecule has 0 fully saturated rings. The average Bonchev–Trinajstić information content (AvgIpc) is 2.55. The first-order chi connectivity index (χ1) is 11.0. The number of amides is 2. The van der Waals surface area contributed by atoms with Gasteiger partial charge in [0.25, 0.3) is 0 Å². The normalized spacial score (nSPS) is 10.2. The lowest BCUT2D eigenvalue weighted by atomic mass is 10.2. The summed E-state index contributed by atoms with van der Waals surface area (Å²) >= 11 is 5.84. The van der Waals surface area contributed by atoms with E-state index in [0.717, 1.165) is 11.3 Å². The lowest BCUT2D eigenvalue weighted by Gasteiger charge is -2.20. The Kier molecular flexibility index (Phi) is 6.11. The molecule has 5 nitrogen and oxygen atoms in total. The zero-order valence-electron chi connectivity index (χ0n) is 12.8. The van der Waals surface area contributed by atoms with E-state index in [1.807, 2.05) is 30.3 Å². The van der Waals surface area contributed by atoms with Crippen LogP contribution < -0.4 is 5.32 Å². The molecule has 2 aromatic rings. The predicted octanol–water partition coefficient (Wildman–Crippen LogP) is 2.40. The highest BCUT2D eigenvalue weighted by Gasteiger charge is 2.14. The lowest BCUT2D eigenvalue weighted by Crippen LogP contribution is -2.39. The summed E-state index contributed by atoms with van der Waals surface area (Å²) in [6.07, 6.45) is 1.67. The maximum atomic E-state index is 12.0. The summed E-state index contributed by atoms with van der Waals surface area (Å²) < 4.78 is 0. The topological polar surface area (TPSA) is 62.3 Å². The second kappa shape index (κ2) is 8.29. The summed E-state index contributed by atoms with van der Waals surface area (Å²) in [4.78, 5) is 29.4. The fourth-order valence-corrected chi connectivity index (χ4v) is 2.14. The van der Waals surface area contributed by atoms with Crippen LogP contribution in [0.2, 0.25) is 5.02 Å². The third-order valence-corrected chi connectivity index (χ3v) is 3.51. The molecule has 2 amide bonds. The molecule has 1 aromatic carbocycles. The smallest absolute Gasteiger partial charge is 0.239 e. The molecule has 2 rings (SSSR count). The van der Waals surface area contributed by atoms with Crippen molar-refractivity contribution in [1.82, 2.24) is 15.2 Å². The van der Waals surface area contributed by atoms with Gasteiger partial charge in [-0.15, -0.1) is 0 Å². The Morgan fingerprint density at radius 2 is 1.91 bits per heavy atom. The molecule has 1 aromatic heterocycles. The van der Waals surface area contributed by atoms with Crippen molar-refractivity contribution in [3.8, 4) is 0 Å². The first-order valence-corrected chi connectivity index (χ1v) is 7.59. The van der Waals surface area contributed by atoms with E-state index in [2.05, 4.69) is 10.3 Å². The Hall–Kier alpha value is -2.40. The Labute approximate surface area is 140 Å². The van der Waals surface area contributed by atoms with Crippen LogP contribution >= 0.6 is 11.6 Å². The minimum Gasteiger partial charge on any atom is -0.349 e. The molecular formula is C17H18ClN3O2. The van der Waals surface area contributed by atoms with Crippen molar-refractivity contribution in [1.29, 1.82) is 0 Å². The molecule has 0 bridgehead atoms. The van der Waals surface area contributed by atoms with E-state index in [1.54, 1.807) is 18.3 Å². The van der Waals surface area contributed by atoms with Gasteiger partial charge in [-0.2, -0.15) is 0 Å². The number of hydrogen-bond acceptors (Lipinski definition) is 3. The number of aromatic nitrogens is 1. The van der Waals surface area contributed by atoms with Crippen molar-refractivity contribution in [2.24, 2.45) is 0 Å². The van der Waals surface area contributed by atoms with Crippen molar-refractivity contribution in [3.63, 3.8) is 0 Å². The second-order valence-corrected chi connectivity index (χ2v) is 5.54. The summed E-state index contributed by atoms with van der Waals surface area (Å²) in [5.74, 6) is -0.382. The van der Waals surface area contributed by atoms with Gasteiger partial charge in [0.2, 0.25) is 11.8 Å². The van der Waals surface area contributed by atoms with E-state index >= 15 is 0 Å². The average molecular weight is 332 g/mol. The molecule has 0 aliphatic heterocycles. The van der Waals surface area contributed by atoms with Crippen LogP contribution in [0, 0.1) is 0 Å². The van der Waals surface area contributed by atoms with E-state index in [4.69, 9.17) is 11.6 Å². The molecule has 0 atom stereocenters. The van der Waals surface area contributed by atoms with Gasteiger partial charge in [0, 0.05) is 24.7 Å². The summed E-state index contributed by atoms with van der Waals surface area (Å²) in [5.41, 5.74) is 1.69. The number of carbonyl (C=O) groups is 2. The number of hydrogen-bond donors (Lipinski definition) is 1. The van der Waals surface area contributed by atoms with E-state index in [9.17, 15) is 9.59 Å². The first kappa shape index (κ1) is 17.0.